The molecule has 0 aliphatic carbocycles. The number of hydrogen-bond donors (Lipinski definition) is 0. The van der Waals surface area contributed by atoms with Crippen molar-refractivity contribution in [2.24, 2.45) is 0 Å². The summed E-state index contributed by atoms with van der Waals surface area (Å²) in [5.41, 5.74) is 0.708. The minimum absolute atomic E-state index is 0.0232. The molecule has 4 heterocycles. The summed E-state index contributed by atoms with van der Waals surface area (Å²) in [5, 5.41) is 0. The molecular weight excluding hydrogens is 372 g/mol. The molecule has 0 unspecified atom stereocenters. The second-order valence-electron chi connectivity index (χ2n) is 7.77. The van der Waals surface area contributed by atoms with Gasteiger partial charge in [0.05, 0.1) is 17.5 Å². The summed E-state index contributed by atoms with van der Waals surface area (Å²) in [4.78, 5) is 45.4. The lowest BCUT2D eigenvalue weighted by molar-refractivity contribution is -0.167. The number of ether oxygens (including phenoxy) is 1. The van der Waals surface area contributed by atoms with Crippen molar-refractivity contribution in [1.29, 1.82) is 0 Å². The van der Waals surface area contributed by atoms with Gasteiger partial charge in [0.25, 0.3) is 11.5 Å². The Hall–Kier alpha value is -3.00. The summed E-state index contributed by atoms with van der Waals surface area (Å²) in [6.45, 7) is 3.37. The lowest BCUT2D eigenvalue weighted by atomic mass is 9.89. The van der Waals surface area contributed by atoms with Gasteiger partial charge in [-0.1, -0.05) is 0 Å². The van der Waals surface area contributed by atoms with Crippen molar-refractivity contribution in [1.82, 2.24) is 19.4 Å². The second kappa shape index (κ2) is 7.44. The van der Waals surface area contributed by atoms with Crippen molar-refractivity contribution in [3.05, 3.63) is 58.3 Å². The number of amides is 2. The van der Waals surface area contributed by atoms with E-state index in [2.05, 4.69) is 4.98 Å². The fourth-order valence-corrected chi connectivity index (χ4v) is 4.06. The van der Waals surface area contributed by atoms with E-state index in [1.165, 1.54) is 4.57 Å². The van der Waals surface area contributed by atoms with Crippen molar-refractivity contribution in [3.8, 4) is 5.69 Å². The van der Waals surface area contributed by atoms with Gasteiger partial charge < -0.3 is 14.5 Å². The van der Waals surface area contributed by atoms with Crippen LogP contribution in [-0.2, 0) is 9.53 Å². The first-order chi connectivity index (χ1) is 13.9. The van der Waals surface area contributed by atoms with Crippen molar-refractivity contribution in [3.63, 3.8) is 0 Å². The van der Waals surface area contributed by atoms with Crippen molar-refractivity contribution < 1.29 is 14.3 Å². The molecule has 2 aliphatic heterocycles. The molecule has 8 heteroatoms. The van der Waals surface area contributed by atoms with Crippen LogP contribution in [0.2, 0.25) is 0 Å². The highest BCUT2D eigenvalue weighted by atomic mass is 16.5. The number of pyridine rings is 2. The van der Waals surface area contributed by atoms with E-state index in [4.69, 9.17) is 4.74 Å². The maximum Gasteiger partial charge on any atom is 0.268 e. The summed E-state index contributed by atoms with van der Waals surface area (Å²) in [6, 6.07) is 5.30. The van der Waals surface area contributed by atoms with Crippen LogP contribution in [0.3, 0.4) is 0 Å². The average Bonchev–Trinajstić information content (AvgIpc) is 2.72. The number of aromatic nitrogens is 2. The minimum atomic E-state index is -0.402. The molecule has 2 amide bonds. The number of likely N-dealkylation sites (tertiary alicyclic amines) is 1. The van der Waals surface area contributed by atoms with Crippen molar-refractivity contribution in [2.75, 3.05) is 33.3 Å². The first-order valence-corrected chi connectivity index (χ1v) is 9.70. The van der Waals surface area contributed by atoms with Gasteiger partial charge in [0.15, 0.2) is 0 Å². The Morgan fingerprint density at radius 1 is 1.21 bits per heavy atom. The highest BCUT2D eigenvalue weighted by molar-refractivity contribution is 5.95. The van der Waals surface area contributed by atoms with Crippen molar-refractivity contribution in [2.45, 2.75) is 25.4 Å². The van der Waals surface area contributed by atoms with Crippen LogP contribution in [0.25, 0.3) is 5.69 Å². The number of likely N-dealkylation sites (N-methyl/N-ethyl adjacent to an activating group) is 1. The van der Waals surface area contributed by atoms with Gasteiger partial charge >= 0.3 is 0 Å². The Balaban J connectivity index is 1.55. The van der Waals surface area contributed by atoms with Crippen molar-refractivity contribution >= 4 is 11.8 Å². The zero-order valence-corrected chi connectivity index (χ0v) is 16.6. The normalized spacial score (nSPS) is 18.9. The Morgan fingerprint density at radius 2 is 1.97 bits per heavy atom. The van der Waals surface area contributed by atoms with E-state index >= 15 is 0 Å². The molecule has 0 bridgehead atoms. The number of carbonyl (C=O) groups is 2. The topological polar surface area (TPSA) is 84.7 Å². The number of nitrogens with zero attached hydrogens (tertiary/aromatic N) is 4. The van der Waals surface area contributed by atoms with E-state index in [1.807, 2.05) is 0 Å². The fraction of sp³-hybridized carbons (Fsp3) is 0.429. The molecule has 2 fully saturated rings. The summed E-state index contributed by atoms with van der Waals surface area (Å²) < 4.78 is 7.29. The quantitative estimate of drug-likeness (QED) is 0.756. The van der Waals surface area contributed by atoms with Gasteiger partial charge in [-0.3, -0.25) is 23.9 Å². The van der Waals surface area contributed by atoms with Crippen LogP contribution in [0, 0.1) is 6.92 Å². The number of morpholine rings is 1. The van der Waals surface area contributed by atoms with E-state index < -0.39 is 5.60 Å². The lowest BCUT2D eigenvalue weighted by Gasteiger charge is -2.46. The number of piperidine rings is 1. The first kappa shape index (κ1) is 19.3. The van der Waals surface area contributed by atoms with Crippen LogP contribution < -0.4 is 5.56 Å². The molecule has 0 radical (unpaired) electrons. The molecule has 0 saturated carbocycles. The zero-order chi connectivity index (χ0) is 20.6. The highest BCUT2D eigenvalue weighted by Gasteiger charge is 2.42. The lowest BCUT2D eigenvalue weighted by Crippen LogP contribution is -2.58. The van der Waals surface area contributed by atoms with E-state index in [0.29, 0.717) is 43.7 Å². The van der Waals surface area contributed by atoms with Crippen LogP contribution in [0.1, 0.15) is 28.8 Å². The van der Waals surface area contributed by atoms with Crippen LogP contribution >= 0.6 is 0 Å². The number of aryl methyl sites for hydroxylation is 1. The molecule has 29 heavy (non-hydrogen) atoms. The molecule has 0 aromatic carbocycles. The third kappa shape index (κ3) is 3.55. The Kier molecular flexibility index (Phi) is 4.96. The molecule has 2 aromatic heterocycles. The summed E-state index contributed by atoms with van der Waals surface area (Å²) >= 11 is 0. The average molecular weight is 396 g/mol. The fourth-order valence-electron chi connectivity index (χ4n) is 4.06. The van der Waals surface area contributed by atoms with Gasteiger partial charge in [-0.15, -0.1) is 0 Å². The monoisotopic (exact) mass is 396 g/mol. The molecule has 1 spiro atoms. The predicted molar refractivity (Wildman–Crippen MR) is 106 cm³/mol. The molecule has 0 N–H and O–H groups in total. The Morgan fingerprint density at radius 3 is 2.62 bits per heavy atom. The molecule has 152 valence electrons. The third-order valence-electron chi connectivity index (χ3n) is 5.85. The van der Waals surface area contributed by atoms with Gasteiger partial charge in [-0.2, -0.15) is 0 Å². The molecular formula is C21H24N4O4. The predicted octanol–water partition coefficient (Wildman–Crippen LogP) is 1.00. The summed E-state index contributed by atoms with van der Waals surface area (Å²) in [6.07, 6.45) is 6.17. The molecule has 2 aliphatic rings. The summed E-state index contributed by atoms with van der Waals surface area (Å²) in [7, 11) is 1.78. The van der Waals surface area contributed by atoms with E-state index in [0.717, 1.165) is 0 Å². The SMILES string of the molecule is Cc1ccn(-c2cccnc2)c(=O)c1C(=O)N1CCC2(CC1)CN(C)C(=O)CO2. The van der Waals surface area contributed by atoms with Crippen LogP contribution in [-0.4, -0.2) is 70.1 Å². The van der Waals surface area contributed by atoms with E-state index in [9.17, 15) is 14.4 Å². The van der Waals surface area contributed by atoms with Gasteiger partial charge in [0.1, 0.15) is 12.2 Å². The Labute approximate surface area is 168 Å². The maximum absolute atomic E-state index is 13.2. The third-order valence-corrected chi connectivity index (χ3v) is 5.85. The molecule has 2 saturated heterocycles. The zero-order valence-electron chi connectivity index (χ0n) is 16.6. The number of rotatable bonds is 2. The van der Waals surface area contributed by atoms with Gasteiger partial charge in [0, 0.05) is 39.1 Å². The molecule has 8 nitrogen and oxygen atoms in total. The van der Waals surface area contributed by atoms with Crippen LogP contribution in [0.5, 0.6) is 0 Å². The van der Waals surface area contributed by atoms with Gasteiger partial charge in [-0.25, -0.2) is 0 Å². The van der Waals surface area contributed by atoms with E-state index in [1.54, 1.807) is 60.6 Å². The minimum Gasteiger partial charge on any atom is -0.363 e. The largest absolute Gasteiger partial charge is 0.363 e. The van der Waals surface area contributed by atoms with Crippen LogP contribution in [0.4, 0.5) is 0 Å². The summed E-state index contributed by atoms with van der Waals surface area (Å²) in [5.74, 6) is -0.286. The standard InChI is InChI=1S/C21H24N4O4/c1-15-5-9-25(16-4-3-8-22-12-16)20(28)18(15)19(27)24-10-6-21(7-11-24)14-23(2)17(26)13-29-21/h3-5,8-9,12H,6-7,10-11,13-14H2,1-2H3. The van der Waals surface area contributed by atoms with Gasteiger partial charge in [0.2, 0.25) is 5.91 Å². The first-order valence-electron chi connectivity index (χ1n) is 9.70. The van der Waals surface area contributed by atoms with Gasteiger partial charge in [-0.05, 0) is 43.5 Å². The molecule has 2 aromatic rings. The van der Waals surface area contributed by atoms with E-state index in [-0.39, 0.29) is 29.5 Å². The smallest absolute Gasteiger partial charge is 0.268 e. The molecule has 0 atom stereocenters. The maximum atomic E-state index is 13.2. The Bertz CT molecular complexity index is 993. The highest BCUT2D eigenvalue weighted by Crippen LogP contribution is 2.30. The second-order valence-corrected chi connectivity index (χ2v) is 7.77. The van der Waals surface area contributed by atoms with Crippen LogP contribution in [0.15, 0.2) is 41.6 Å². The molecule has 4 rings (SSSR count). The number of hydrogen-bond acceptors (Lipinski definition) is 5. The number of carbonyl (C=O) groups excluding carboxylic acids is 2.